The highest BCUT2D eigenvalue weighted by Crippen LogP contribution is 2.26. The summed E-state index contributed by atoms with van der Waals surface area (Å²) >= 11 is 0. The summed E-state index contributed by atoms with van der Waals surface area (Å²) in [6, 6.07) is 12.2. The van der Waals surface area contributed by atoms with Crippen LogP contribution in [-0.4, -0.2) is 50.3 Å². The molecule has 0 radical (unpaired) electrons. The zero-order valence-corrected chi connectivity index (χ0v) is 19.9. The highest BCUT2D eigenvalue weighted by Gasteiger charge is 2.13. The normalized spacial score (nSPS) is 11.7. The van der Waals surface area contributed by atoms with Gasteiger partial charge in [-0.15, -0.1) is 0 Å². The quantitative estimate of drug-likeness (QED) is 0.272. The fourth-order valence-corrected chi connectivity index (χ4v) is 4.02. The molecule has 0 aliphatic rings. The maximum atomic E-state index is 10.9. The van der Waals surface area contributed by atoms with Crippen molar-refractivity contribution < 1.29 is 19.4 Å². The van der Waals surface area contributed by atoms with Crippen LogP contribution in [-0.2, 0) is 22.8 Å². The van der Waals surface area contributed by atoms with Crippen LogP contribution in [0, 0.1) is 0 Å². The third-order valence-electron chi connectivity index (χ3n) is 5.00. The SMILES string of the molecule is C[Si](C)(C)CCOCn1nccc1-c1ccc(Oc2ccc3nn(CC(=O)O)cc3c2)nc1. The van der Waals surface area contributed by atoms with E-state index >= 15 is 0 Å². The van der Waals surface area contributed by atoms with Crippen molar-refractivity contribution in [1.82, 2.24) is 24.5 Å². The first-order chi connectivity index (χ1) is 15.8. The van der Waals surface area contributed by atoms with Crippen molar-refractivity contribution in [2.24, 2.45) is 0 Å². The minimum absolute atomic E-state index is 0.187. The Balaban J connectivity index is 1.41. The number of benzene rings is 1. The van der Waals surface area contributed by atoms with Crippen LogP contribution in [0.5, 0.6) is 11.6 Å². The maximum absolute atomic E-state index is 10.9. The maximum Gasteiger partial charge on any atom is 0.325 e. The molecule has 4 aromatic rings. The summed E-state index contributed by atoms with van der Waals surface area (Å²) in [6.07, 6.45) is 5.18. The van der Waals surface area contributed by atoms with Crippen LogP contribution in [0.3, 0.4) is 0 Å². The number of carboxylic acid groups (broad SMARTS) is 1. The number of carbonyl (C=O) groups is 1. The first kappa shape index (κ1) is 22.7. The van der Waals surface area contributed by atoms with Gasteiger partial charge < -0.3 is 14.6 Å². The smallest absolute Gasteiger partial charge is 0.325 e. The molecule has 9 nitrogen and oxygen atoms in total. The molecule has 1 N–H and O–H groups in total. The second kappa shape index (κ2) is 9.55. The van der Waals surface area contributed by atoms with E-state index in [1.807, 2.05) is 22.9 Å². The van der Waals surface area contributed by atoms with Crippen molar-refractivity contribution in [1.29, 1.82) is 0 Å². The molecule has 3 heterocycles. The zero-order chi connectivity index (χ0) is 23.4. The van der Waals surface area contributed by atoms with E-state index in [1.165, 1.54) is 4.68 Å². The topological polar surface area (TPSA) is 104 Å². The number of carboxylic acids is 1. The summed E-state index contributed by atoms with van der Waals surface area (Å²) < 4.78 is 14.9. The number of pyridine rings is 1. The van der Waals surface area contributed by atoms with E-state index in [0.717, 1.165) is 29.3 Å². The highest BCUT2D eigenvalue weighted by atomic mass is 28.3. The predicted molar refractivity (Wildman–Crippen MR) is 127 cm³/mol. The van der Waals surface area contributed by atoms with E-state index in [2.05, 4.69) is 34.8 Å². The fourth-order valence-electron chi connectivity index (χ4n) is 3.26. The van der Waals surface area contributed by atoms with Crippen molar-refractivity contribution >= 4 is 24.9 Å². The summed E-state index contributed by atoms with van der Waals surface area (Å²) in [7, 11) is -1.12. The van der Waals surface area contributed by atoms with Crippen LogP contribution in [0.4, 0.5) is 0 Å². The van der Waals surface area contributed by atoms with Gasteiger partial charge in [0.1, 0.15) is 19.0 Å². The van der Waals surface area contributed by atoms with Crippen molar-refractivity contribution in [2.75, 3.05) is 6.61 Å². The molecular formula is C23H27N5O4Si. The van der Waals surface area contributed by atoms with Gasteiger partial charge in [0.05, 0.1) is 11.2 Å². The Labute approximate surface area is 192 Å². The van der Waals surface area contributed by atoms with Crippen LogP contribution < -0.4 is 4.74 Å². The molecule has 172 valence electrons. The molecule has 33 heavy (non-hydrogen) atoms. The lowest BCUT2D eigenvalue weighted by molar-refractivity contribution is -0.137. The van der Waals surface area contributed by atoms with Gasteiger partial charge in [-0.2, -0.15) is 10.2 Å². The molecule has 1 aromatic carbocycles. The van der Waals surface area contributed by atoms with Gasteiger partial charge in [-0.3, -0.25) is 9.48 Å². The average molecular weight is 466 g/mol. The number of fused-ring (bicyclic) bond motifs is 1. The van der Waals surface area contributed by atoms with Crippen molar-refractivity contribution in [3.63, 3.8) is 0 Å². The molecule has 0 aliphatic heterocycles. The van der Waals surface area contributed by atoms with Gasteiger partial charge in [-0.1, -0.05) is 19.6 Å². The number of rotatable bonds is 10. The molecule has 0 fully saturated rings. The number of nitrogens with zero attached hydrogens (tertiary/aromatic N) is 5. The van der Waals surface area contributed by atoms with E-state index in [-0.39, 0.29) is 6.54 Å². The Morgan fingerprint density at radius 3 is 2.73 bits per heavy atom. The van der Waals surface area contributed by atoms with Gasteiger partial charge in [0.25, 0.3) is 0 Å². The van der Waals surface area contributed by atoms with Crippen LogP contribution in [0.1, 0.15) is 0 Å². The fraction of sp³-hybridized carbons (Fsp3) is 0.304. The van der Waals surface area contributed by atoms with E-state index in [1.54, 1.807) is 36.8 Å². The van der Waals surface area contributed by atoms with Gasteiger partial charge in [0.15, 0.2) is 0 Å². The molecule has 0 saturated heterocycles. The Bertz CT molecular complexity index is 1240. The van der Waals surface area contributed by atoms with E-state index in [9.17, 15) is 4.79 Å². The molecule has 0 unspecified atom stereocenters. The van der Waals surface area contributed by atoms with Gasteiger partial charge in [0, 0.05) is 50.3 Å². The van der Waals surface area contributed by atoms with E-state index in [4.69, 9.17) is 14.6 Å². The Kier molecular flexibility index (Phi) is 6.56. The standard InChI is InChI=1S/C23H27N5O4Si/c1-33(2,3)11-10-31-16-28-21(8-9-25-28)17-4-7-22(24-13-17)32-19-5-6-20-18(12-19)14-27(26-20)15-23(29)30/h4-9,12-14H,10-11,15-16H2,1-3H3,(H,29,30). The molecule has 0 aliphatic carbocycles. The summed E-state index contributed by atoms with van der Waals surface area (Å²) in [5.41, 5.74) is 2.54. The second-order valence-electron chi connectivity index (χ2n) is 8.99. The third-order valence-corrected chi connectivity index (χ3v) is 6.71. The first-order valence-corrected chi connectivity index (χ1v) is 14.4. The number of hydrogen-bond acceptors (Lipinski definition) is 6. The number of ether oxygens (including phenoxy) is 2. The molecule has 4 rings (SSSR count). The van der Waals surface area contributed by atoms with Crippen molar-refractivity contribution in [2.45, 2.75) is 39.0 Å². The molecule has 3 aromatic heterocycles. The van der Waals surface area contributed by atoms with Crippen LogP contribution in [0.15, 0.2) is 55.0 Å². The lowest BCUT2D eigenvalue weighted by Crippen LogP contribution is -2.22. The Morgan fingerprint density at radius 1 is 1.15 bits per heavy atom. The van der Waals surface area contributed by atoms with E-state index in [0.29, 0.717) is 23.9 Å². The largest absolute Gasteiger partial charge is 0.480 e. The predicted octanol–water partition coefficient (Wildman–Crippen LogP) is 4.48. The van der Waals surface area contributed by atoms with Crippen molar-refractivity contribution in [3.8, 4) is 22.9 Å². The van der Waals surface area contributed by atoms with Crippen LogP contribution in [0.25, 0.3) is 22.2 Å². The van der Waals surface area contributed by atoms with Gasteiger partial charge in [-0.05, 0) is 36.4 Å². The molecule has 0 spiro atoms. The molecular weight excluding hydrogens is 438 g/mol. The summed E-state index contributed by atoms with van der Waals surface area (Å²) in [5, 5.41) is 18.3. The summed E-state index contributed by atoms with van der Waals surface area (Å²) in [6.45, 7) is 7.94. The minimum Gasteiger partial charge on any atom is -0.480 e. The van der Waals surface area contributed by atoms with Gasteiger partial charge in [-0.25, -0.2) is 9.67 Å². The molecule has 10 heteroatoms. The zero-order valence-electron chi connectivity index (χ0n) is 18.9. The first-order valence-electron chi connectivity index (χ1n) is 10.7. The summed E-state index contributed by atoms with van der Waals surface area (Å²) in [4.78, 5) is 15.3. The number of aromatic nitrogens is 5. The lowest BCUT2D eigenvalue weighted by Gasteiger charge is -2.16. The molecule has 0 saturated carbocycles. The van der Waals surface area contributed by atoms with Crippen LogP contribution in [0.2, 0.25) is 25.7 Å². The lowest BCUT2D eigenvalue weighted by atomic mass is 10.2. The number of hydrogen-bond donors (Lipinski definition) is 1. The van der Waals surface area contributed by atoms with Gasteiger partial charge >= 0.3 is 5.97 Å². The number of aliphatic carboxylic acids is 1. The minimum atomic E-state index is -1.12. The molecule has 0 amide bonds. The van der Waals surface area contributed by atoms with Crippen molar-refractivity contribution in [3.05, 3.63) is 55.0 Å². The molecule has 0 atom stereocenters. The average Bonchev–Trinajstić information content (AvgIpc) is 3.36. The highest BCUT2D eigenvalue weighted by molar-refractivity contribution is 6.76. The summed E-state index contributed by atoms with van der Waals surface area (Å²) in [5.74, 6) is 0.106. The van der Waals surface area contributed by atoms with Crippen LogP contribution >= 0.6 is 0 Å². The van der Waals surface area contributed by atoms with E-state index < -0.39 is 14.0 Å². The second-order valence-corrected chi connectivity index (χ2v) is 14.6. The molecule has 0 bridgehead atoms. The third kappa shape index (κ3) is 6.05. The Morgan fingerprint density at radius 2 is 2.00 bits per heavy atom. The van der Waals surface area contributed by atoms with Gasteiger partial charge in [0.2, 0.25) is 5.88 Å². The monoisotopic (exact) mass is 465 g/mol. The Hall–Kier alpha value is -3.50.